The van der Waals surface area contributed by atoms with E-state index >= 15 is 0 Å². The Morgan fingerprint density at radius 1 is 0.643 bits per heavy atom. The maximum absolute atomic E-state index is 12.6. The van der Waals surface area contributed by atoms with E-state index in [1.807, 2.05) is 12.1 Å². The first-order chi connectivity index (χ1) is 13.8. The molecule has 1 aliphatic heterocycles. The van der Waals surface area contributed by atoms with Crippen LogP contribution in [0.5, 0.6) is 0 Å². The van der Waals surface area contributed by atoms with E-state index in [0.717, 1.165) is 11.4 Å². The standard InChI is InChI=1S/C23H18N2OS2/c26-23-9-12-24(21-5-1-17(2-6-21)19-10-13-27-15-19)25(23)22-7-3-18(4-8-22)20-11-14-28-16-20/h1-8,10-11,13-16H,9,12H2. The summed E-state index contributed by atoms with van der Waals surface area (Å²) in [4.78, 5) is 12.6. The van der Waals surface area contributed by atoms with Gasteiger partial charge in [0.15, 0.2) is 0 Å². The van der Waals surface area contributed by atoms with Crippen molar-refractivity contribution < 1.29 is 4.79 Å². The smallest absolute Gasteiger partial charge is 0.247 e. The molecule has 0 N–H and O–H groups in total. The Balaban J connectivity index is 1.43. The highest BCUT2D eigenvalue weighted by atomic mass is 32.1. The van der Waals surface area contributed by atoms with E-state index in [-0.39, 0.29) is 5.91 Å². The topological polar surface area (TPSA) is 23.6 Å². The Bertz CT molecular complexity index is 1070. The number of rotatable bonds is 4. The van der Waals surface area contributed by atoms with Crippen molar-refractivity contribution in [1.29, 1.82) is 0 Å². The van der Waals surface area contributed by atoms with Gasteiger partial charge in [0.2, 0.25) is 5.91 Å². The molecule has 4 aromatic rings. The number of carbonyl (C=O) groups is 1. The number of thiophene rings is 2. The Kier molecular flexibility index (Phi) is 4.47. The number of hydrogen-bond donors (Lipinski definition) is 0. The normalized spacial score (nSPS) is 14.1. The summed E-state index contributed by atoms with van der Waals surface area (Å²) in [7, 11) is 0. The molecule has 1 aliphatic rings. The van der Waals surface area contributed by atoms with Crippen LogP contribution in [0.15, 0.2) is 82.2 Å². The highest BCUT2D eigenvalue weighted by molar-refractivity contribution is 7.08. The van der Waals surface area contributed by atoms with E-state index in [0.29, 0.717) is 13.0 Å². The minimum atomic E-state index is 0.130. The molecule has 0 spiro atoms. The van der Waals surface area contributed by atoms with Crippen molar-refractivity contribution in [3.8, 4) is 22.3 Å². The van der Waals surface area contributed by atoms with Crippen molar-refractivity contribution in [2.45, 2.75) is 6.42 Å². The highest BCUT2D eigenvalue weighted by Crippen LogP contribution is 2.32. The van der Waals surface area contributed by atoms with Crippen molar-refractivity contribution in [2.75, 3.05) is 16.6 Å². The molecule has 138 valence electrons. The third kappa shape index (κ3) is 3.13. The maximum atomic E-state index is 12.6. The molecule has 1 saturated heterocycles. The van der Waals surface area contributed by atoms with Gasteiger partial charge in [-0.15, -0.1) is 0 Å². The quantitative estimate of drug-likeness (QED) is 0.400. The number of anilines is 2. The van der Waals surface area contributed by atoms with Gasteiger partial charge in [-0.2, -0.15) is 22.7 Å². The molecule has 1 fully saturated rings. The van der Waals surface area contributed by atoms with Crippen LogP contribution >= 0.6 is 22.7 Å². The van der Waals surface area contributed by atoms with Gasteiger partial charge in [0.05, 0.1) is 11.4 Å². The van der Waals surface area contributed by atoms with Crippen LogP contribution in [0.2, 0.25) is 0 Å². The van der Waals surface area contributed by atoms with Gasteiger partial charge in [-0.05, 0) is 80.2 Å². The first-order valence-electron chi connectivity index (χ1n) is 9.15. The zero-order chi connectivity index (χ0) is 18.9. The van der Waals surface area contributed by atoms with Gasteiger partial charge in [0, 0.05) is 13.0 Å². The Morgan fingerprint density at radius 3 is 1.68 bits per heavy atom. The first-order valence-corrected chi connectivity index (χ1v) is 11.0. The molecule has 3 nitrogen and oxygen atoms in total. The van der Waals surface area contributed by atoms with Gasteiger partial charge in [-0.3, -0.25) is 9.80 Å². The number of hydrogen-bond acceptors (Lipinski definition) is 4. The fourth-order valence-corrected chi connectivity index (χ4v) is 4.88. The number of hydrazine groups is 1. The summed E-state index contributed by atoms with van der Waals surface area (Å²) in [5.74, 6) is 0.130. The van der Waals surface area contributed by atoms with Crippen LogP contribution in [0.4, 0.5) is 11.4 Å². The Hall–Kier alpha value is -2.89. The molecule has 5 rings (SSSR count). The molecule has 0 aliphatic carbocycles. The summed E-state index contributed by atoms with van der Waals surface area (Å²) < 4.78 is 0. The van der Waals surface area contributed by atoms with Crippen LogP contribution in [0.1, 0.15) is 6.42 Å². The summed E-state index contributed by atoms with van der Waals surface area (Å²) >= 11 is 3.39. The van der Waals surface area contributed by atoms with Gasteiger partial charge < -0.3 is 0 Å². The second kappa shape index (κ2) is 7.26. The van der Waals surface area contributed by atoms with Crippen molar-refractivity contribution in [3.63, 3.8) is 0 Å². The molecular weight excluding hydrogens is 384 g/mol. The molecule has 3 heterocycles. The zero-order valence-corrected chi connectivity index (χ0v) is 16.7. The fourth-order valence-electron chi connectivity index (χ4n) is 3.55. The summed E-state index contributed by atoms with van der Waals surface area (Å²) in [6.07, 6.45) is 0.526. The van der Waals surface area contributed by atoms with Gasteiger partial charge in [0.25, 0.3) is 0 Å². The lowest BCUT2D eigenvalue weighted by molar-refractivity contribution is -0.117. The molecule has 2 aromatic heterocycles. The van der Waals surface area contributed by atoms with E-state index in [1.165, 1.54) is 22.3 Å². The molecule has 0 atom stereocenters. The lowest BCUT2D eigenvalue weighted by atomic mass is 10.1. The lowest BCUT2D eigenvalue weighted by Crippen LogP contribution is -2.39. The van der Waals surface area contributed by atoms with Gasteiger partial charge in [-0.1, -0.05) is 24.3 Å². The van der Waals surface area contributed by atoms with Crippen molar-refractivity contribution in [2.24, 2.45) is 0 Å². The maximum Gasteiger partial charge on any atom is 0.247 e. The summed E-state index contributed by atoms with van der Waals surface area (Å²) in [6.45, 7) is 0.697. The van der Waals surface area contributed by atoms with Crippen LogP contribution in [-0.2, 0) is 4.79 Å². The van der Waals surface area contributed by atoms with Crippen molar-refractivity contribution in [1.82, 2.24) is 0 Å². The second-order valence-electron chi connectivity index (χ2n) is 6.70. The van der Waals surface area contributed by atoms with Crippen LogP contribution in [0, 0.1) is 0 Å². The van der Waals surface area contributed by atoms with E-state index in [2.05, 4.69) is 75.1 Å². The van der Waals surface area contributed by atoms with E-state index in [4.69, 9.17) is 0 Å². The lowest BCUT2D eigenvalue weighted by Gasteiger charge is -2.30. The molecule has 2 aromatic carbocycles. The molecule has 5 heteroatoms. The van der Waals surface area contributed by atoms with Gasteiger partial charge >= 0.3 is 0 Å². The molecule has 0 radical (unpaired) electrons. The largest absolute Gasteiger partial charge is 0.278 e. The third-order valence-electron chi connectivity index (χ3n) is 5.00. The molecular formula is C23H18N2OS2. The SMILES string of the molecule is O=C1CCN(c2ccc(-c3ccsc3)cc2)N1c1ccc(-c2ccsc2)cc1. The minimum absolute atomic E-state index is 0.130. The van der Waals surface area contributed by atoms with Crippen LogP contribution in [0.25, 0.3) is 22.3 Å². The van der Waals surface area contributed by atoms with E-state index < -0.39 is 0 Å². The Labute approximate surface area is 172 Å². The summed E-state index contributed by atoms with van der Waals surface area (Å²) in [5.41, 5.74) is 6.75. The minimum Gasteiger partial charge on any atom is -0.278 e. The van der Waals surface area contributed by atoms with Crippen molar-refractivity contribution in [3.05, 3.63) is 82.2 Å². The van der Waals surface area contributed by atoms with Crippen LogP contribution in [-0.4, -0.2) is 12.5 Å². The predicted molar refractivity (Wildman–Crippen MR) is 119 cm³/mol. The zero-order valence-electron chi connectivity index (χ0n) is 15.1. The van der Waals surface area contributed by atoms with E-state index in [1.54, 1.807) is 27.7 Å². The molecule has 0 bridgehead atoms. The number of carbonyl (C=O) groups excluding carboxylic acids is 1. The molecule has 0 saturated carbocycles. The number of amides is 1. The predicted octanol–water partition coefficient (Wildman–Crippen LogP) is 6.30. The van der Waals surface area contributed by atoms with Crippen molar-refractivity contribution >= 4 is 40.0 Å². The molecule has 1 amide bonds. The van der Waals surface area contributed by atoms with Crippen LogP contribution < -0.4 is 10.0 Å². The Morgan fingerprint density at radius 2 is 1.18 bits per heavy atom. The van der Waals surface area contributed by atoms with Gasteiger partial charge in [0.1, 0.15) is 0 Å². The fraction of sp³-hybridized carbons (Fsp3) is 0.0870. The average molecular weight is 403 g/mol. The monoisotopic (exact) mass is 402 g/mol. The van der Waals surface area contributed by atoms with Crippen LogP contribution in [0.3, 0.4) is 0 Å². The third-order valence-corrected chi connectivity index (χ3v) is 6.37. The molecule has 0 unspecified atom stereocenters. The average Bonchev–Trinajstić information content (AvgIpc) is 3.50. The van der Waals surface area contributed by atoms with E-state index in [9.17, 15) is 4.79 Å². The number of nitrogens with zero attached hydrogens (tertiary/aromatic N) is 2. The first kappa shape index (κ1) is 17.2. The summed E-state index contributed by atoms with van der Waals surface area (Å²) in [5, 5.41) is 12.3. The van der Waals surface area contributed by atoms with Gasteiger partial charge in [-0.25, -0.2) is 5.01 Å². The molecule has 28 heavy (non-hydrogen) atoms. The number of benzene rings is 2. The summed E-state index contributed by atoms with van der Waals surface area (Å²) in [6, 6.07) is 20.9. The second-order valence-corrected chi connectivity index (χ2v) is 8.26. The highest BCUT2D eigenvalue weighted by Gasteiger charge is 2.30.